The molecule has 0 spiro atoms. The van der Waals surface area contributed by atoms with Gasteiger partial charge >= 0.3 is 0 Å². The third-order valence-corrected chi connectivity index (χ3v) is 1.75. The van der Waals surface area contributed by atoms with Gasteiger partial charge in [-0.1, -0.05) is 0 Å². The first-order valence-corrected chi connectivity index (χ1v) is 3.61. The molecular formula is C8H8FN3. The topological polar surface area (TPSA) is 50.4 Å². The molecule has 62 valence electrons. The van der Waals surface area contributed by atoms with E-state index in [9.17, 15) is 4.39 Å². The minimum absolute atomic E-state index is 0.244. The van der Waals surface area contributed by atoms with Crippen LogP contribution in [0.2, 0.25) is 0 Å². The van der Waals surface area contributed by atoms with E-state index in [0.717, 1.165) is 11.3 Å². The molecular weight excluding hydrogens is 157 g/mol. The van der Waals surface area contributed by atoms with Gasteiger partial charge < -0.3 is 11.1 Å². The van der Waals surface area contributed by atoms with Gasteiger partial charge in [-0.15, -0.1) is 0 Å². The normalized spacial score (nSPS) is 14.6. The fraction of sp³-hybridized carbons (Fsp3) is 0.125. The molecule has 2 rings (SSSR count). The van der Waals surface area contributed by atoms with Gasteiger partial charge in [0.2, 0.25) is 0 Å². The van der Waals surface area contributed by atoms with Gasteiger partial charge in [-0.05, 0) is 18.2 Å². The highest BCUT2D eigenvalue weighted by atomic mass is 19.1. The van der Waals surface area contributed by atoms with Gasteiger partial charge in [0.05, 0.1) is 6.54 Å². The summed E-state index contributed by atoms with van der Waals surface area (Å²) in [6.45, 7) is 0.450. The fourth-order valence-corrected chi connectivity index (χ4v) is 1.16. The first kappa shape index (κ1) is 7.09. The number of nitrogens with zero attached hydrogens (tertiary/aromatic N) is 1. The maximum atomic E-state index is 12.7. The van der Waals surface area contributed by atoms with Gasteiger partial charge in [-0.2, -0.15) is 0 Å². The summed E-state index contributed by atoms with van der Waals surface area (Å²) in [5, 5.41) is 2.85. The summed E-state index contributed by atoms with van der Waals surface area (Å²) in [4.78, 5) is 3.93. The Hall–Kier alpha value is -1.58. The zero-order valence-corrected chi connectivity index (χ0v) is 6.34. The van der Waals surface area contributed by atoms with Gasteiger partial charge in [0, 0.05) is 11.3 Å². The number of benzene rings is 1. The molecule has 3 nitrogen and oxygen atoms in total. The summed E-state index contributed by atoms with van der Waals surface area (Å²) in [5.41, 5.74) is 7.11. The molecule has 0 saturated carbocycles. The molecule has 3 N–H and O–H groups in total. The number of guanidine groups is 1. The van der Waals surface area contributed by atoms with Crippen LogP contribution in [0.15, 0.2) is 23.2 Å². The minimum Gasteiger partial charge on any atom is -0.370 e. The number of nitrogens with one attached hydrogen (secondary N) is 1. The Kier molecular flexibility index (Phi) is 1.46. The molecule has 1 heterocycles. The molecule has 0 saturated heterocycles. The Morgan fingerprint density at radius 2 is 2.33 bits per heavy atom. The van der Waals surface area contributed by atoms with Crippen LogP contribution in [0.5, 0.6) is 0 Å². The molecule has 12 heavy (non-hydrogen) atoms. The van der Waals surface area contributed by atoms with Crippen molar-refractivity contribution in [1.82, 2.24) is 0 Å². The van der Waals surface area contributed by atoms with Crippen molar-refractivity contribution in [1.29, 1.82) is 0 Å². The van der Waals surface area contributed by atoms with Gasteiger partial charge in [0.1, 0.15) is 5.82 Å². The predicted molar refractivity (Wildman–Crippen MR) is 45.3 cm³/mol. The van der Waals surface area contributed by atoms with Crippen LogP contribution in [-0.4, -0.2) is 5.96 Å². The van der Waals surface area contributed by atoms with Crippen molar-refractivity contribution in [2.24, 2.45) is 10.7 Å². The smallest absolute Gasteiger partial charge is 0.193 e. The lowest BCUT2D eigenvalue weighted by atomic mass is 10.1. The maximum absolute atomic E-state index is 12.7. The molecule has 0 amide bonds. The highest BCUT2D eigenvalue weighted by Crippen LogP contribution is 2.20. The summed E-state index contributed by atoms with van der Waals surface area (Å²) in [5.74, 6) is 0.139. The molecule has 0 aromatic heterocycles. The van der Waals surface area contributed by atoms with E-state index < -0.39 is 0 Å². The second kappa shape index (κ2) is 2.48. The van der Waals surface area contributed by atoms with E-state index in [0.29, 0.717) is 12.5 Å². The van der Waals surface area contributed by atoms with E-state index >= 15 is 0 Å². The van der Waals surface area contributed by atoms with Crippen LogP contribution in [0, 0.1) is 5.82 Å². The largest absolute Gasteiger partial charge is 0.370 e. The lowest BCUT2D eigenvalue weighted by molar-refractivity contribution is 0.625. The molecule has 4 heteroatoms. The van der Waals surface area contributed by atoms with Crippen molar-refractivity contribution in [3.8, 4) is 0 Å². The number of aliphatic imine (C=N–C) groups is 1. The molecule has 0 bridgehead atoms. The Morgan fingerprint density at radius 1 is 1.50 bits per heavy atom. The highest BCUT2D eigenvalue weighted by Gasteiger charge is 2.08. The number of halogens is 1. The summed E-state index contributed by atoms with van der Waals surface area (Å²) in [7, 11) is 0. The summed E-state index contributed by atoms with van der Waals surface area (Å²) < 4.78 is 12.7. The Morgan fingerprint density at radius 3 is 3.17 bits per heavy atom. The number of fused-ring (bicyclic) bond motifs is 1. The van der Waals surface area contributed by atoms with Crippen LogP contribution in [-0.2, 0) is 6.54 Å². The van der Waals surface area contributed by atoms with Crippen LogP contribution >= 0.6 is 0 Å². The molecule has 0 unspecified atom stereocenters. The van der Waals surface area contributed by atoms with Gasteiger partial charge in [-0.3, -0.25) is 0 Å². The molecule has 0 radical (unpaired) electrons. The third-order valence-electron chi connectivity index (χ3n) is 1.75. The van der Waals surface area contributed by atoms with Crippen molar-refractivity contribution in [2.45, 2.75) is 6.54 Å². The number of rotatable bonds is 0. The van der Waals surface area contributed by atoms with Crippen LogP contribution in [0.25, 0.3) is 0 Å². The number of hydrogen-bond donors (Lipinski definition) is 2. The molecule has 1 aliphatic heterocycles. The fourth-order valence-electron chi connectivity index (χ4n) is 1.16. The lowest BCUT2D eigenvalue weighted by Crippen LogP contribution is -2.26. The second-order valence-corrected chi connectivity index (χ2v) is 2.63. The second-order valence-electron chi connectivity index (χ2n) is 2.63. The van der Waals surface area contributed by atoms with E-state index in [4.69, 9.17) is 5.73 Å². The minimum atomic E-state index is -0.244. The van der Waals surface area contributed by atoms with Crippen molar-refractivity contribution >= 4 is 11.6 Å². The molecule has 0 fully saturated rings. The SMILES string of the molecule is NC1=NCc2cc(F)ccc2N1. The van der Waals surface area contributed by atoms with Gasteiger partial charge in [0.15, 0.2) is 5.96 Å². The average molecular weight is 165 g/mol. The summed E-state index contributed by atoms with van der Waals surface area (Å²) in [6.07, 6.45) is 0. The van der Waals surface area contributed by atoms with Crippen molar-refractivity contribution < 1.29 is 4.39 Å². The number of hydrogen-bond acceptors (Lipinski definition) is 3. The van der Waals surface area contributed by atoms with Crippen LogP contribution < -0.4 is 11.1 Å². The number of nitrogens with two attached hydrogens (primary N) is 1. The quantitative estimate of drug-likeness (QED) is 0.604. The Bertz CT molecular complexity index is 346. The van der Waals surface area contributed by atoms with Crippen LogP contribution in [0.1, 0.15) is 5.56 Å². The average Bonchev–Trinajstić information content (AvgIpc) is 2.05. The van der Waals surface area contributed by atoms with Crippen LogP contribution in [0.4, 0.5) is 10.1 Å². The van der Waals surface area contributed by atoms with Gasteiger partial charge in [0.25, 0.3) is 0 Å². The molecule has 1 aromatic carbocycles. The molecule has 0 aliphatic carbocycles. The molecule has 1 aromatic rings. The van der Waals surface area contributed by atoms with E-state index in [1.165, 1.54) is 12.1 Å². The van der Waals surface area contributed by atoms with Gasteiger partial charge in [-0.25, -0.2) is 9.38 Å². The van der Waals surface area contributed by atoms with E-state index in [2.05, 4.69) is 10.3 Å². The highest BCUT2D eigenvalue weighted by molar-refractivity contribution is 5.94. The summed E-state index contributed by atoms with van der Waals surface area (Å²) in [6, 6.07) is 4.51. The molecule has 0 atom stereocenters. The van der Waals surface area contributed by atoms with E-state index in [-0.39, 0.29) is 5.82 Å². The lowest BCUT2D eigenvalue weighted by Gasteiger charge is -2.14. The first-order valence-electron chi connectivity index (χ1n) is 3.61. The zero-order valence-electron chi connectivity index (χ0n) is 6.34. The first-order chi connectivity index (χ1) is 5.75. The van der Waals surface area contributed by atoms with Crippen LogP contribution in [0.3, 0.4) is 0 Å². The standard InChI is InChI=1S/C8H8FN3/c9-6-1-2-7-5(3-6)4-11-8(10)12-7/h1-3H,4H2,(H3,10,11,12). The van der Waals surface area contributed by atoms with E-state index in [1.54, 1.807) is 6.07 Å². The van der Waals surface area contributed by atoms with Crippen molar-refractivity contribution in [2.75, 3.05) is 5.32 Å². The maximum Gasteiger partial charge on any atom is 0.193 e. The third kappa shape index (κ3) is 1.11. The number of anilines is 1. The Labute approximate surface area is 69.1 Å². The Balaban J connectivity index is 2.43. The predicted octanol–water partition coefficient (Wildman–Crippen LogP) is 1.07. The van der Waals surface area contributed by atoms with E-state index in [1.807, 2.05) is 0 Å². The zero-order chi connectivity index (χ0) is 8.55. The van der Waals surface area contributed by atoms with Crippen molar-refractivity contribution in [3.63, 3.8) is 0 Å². The molecule has 1 aliphatic rings. The summed E-state index contributed by atoms with van der Waals surface area (Å²) >= 11 is 0. The monoisotopic (exact) mass is 165 g/mol. The van der Waals surface area contributed by atoms with Crippen molar-refractivity contribution in [3.05, 3.63) is 29.6 Å².